The highest BCUT2D eigenvalue weighted by Gasteiger charge is 2.20. The smallest absolute Gasteiger partial charge is 0.329 e. The van der Waals surface area contributed by atoms with Crippen molar-refractivity contribution in [1.29, 1.82) is 0 Å². The Balaban J connectivity index is 1.83. The van der Waals surface area contributed by atoms with Gasteiger partial charge >= 0.3 is 5.69 Å². The molecule has 2 heterocycles. The second-order valence-corrected chi connectivity index (χ2v) is 7.77. The normalized spacial score (nSPS) is 12.4. The molecule has 3 aromatic rings. The third kappa shape index (κ3) is 5.38. The first-order chi connectivity index (χ1) is 15.3. The number of hydrogen-bond acceptors (Lipinski definition) is 7. The number of likely N-dealkylation sites (N-methyl/N-ethyl adjacent to an activating group) is 1. The summed E-state index contributed by atoms with van der Waals surface area (Å²) in [5.41, 5.74) is 0.528. The van der Waals surface area contributed by atoms with Crippen LogP contribution in [-0.2, 0) is 13.6 Å². The summed E-state index contributed by atoms with van der Waals surface area (Å²) < 4.78 is 8.59. The van der Waals surface area contributed by atoms with E-state index in [1.54, 1.807) is 11.6 Å². The molecule has 3 rings (SSSR count). The van der Waals surface area contributed by atoms with E-state index in [9.17, 15) is 14.7 Å². The van der Waals surface area contributed by atoms with Crippen molar-refractivity contribution in [2.75, 3.05) is 38.1 Å². The lowest BCUT2D eigenvalue weighted by atomic mass is 10.2. The van der Waals surface area contributed by atoms with Crippen LogP contribution >= 0.6 is 0 Å². The summed E-state index contributed by atoms with van der Waals surface area (Å²) in [6.45, 7) is 9.56. The molecule has 0 bridgehead atoms. The first-order valence-electron chi connectivity index (χ1n) is 10.9. The second-order valence-electron chi connectivity index (χ2n) is 7.77. The second kappa shape index (κ2) is 10.5. The standard InChI is InChI=1S/C22H32N6O4/c1-5-27(6-2)12-11-23-21-24-19-18(20(30)25-22(31)26(19)4)28(21)13-16(29)14-32-17-9-7-15(3)8-10-17/h7-10,16,29H,5-6,11-14H2,1-4H3,(H,23,24)(H,25,30,31)/t16-/m0/s1. The molecule has 0 unspecified atom stereocenters. The third-order valence-electron chi connectivity index (χ3n) is 5.47. The molecule has 0 amide bonds. The fraction of sp³-hybridized carbons (Fsp3) is 0.500. The van der Waals surface area contributed by atoms with Crippen molar-refractivity contribution in [3.8, 4) is 5.75 Å². The van der Waals surface area contributed by atoms with Crippen molar-refractivity contribution >= 4 is 17.1 Å². The topological polar surface area (TPSA) is 117 Å². The summed E-state index contributed by atoms with van der Waals surface area (Å²) in [6, 6.07) is 7.55. The Morgan fingerprint density at radius 2 is 1.91 bits per heavy atom. The molecule has 0 saturated carbocycles. The van der Waals surface area contributed by atoms with Gasteiger partial charge in [0.15, 0.2) is 11.2 Å². The first-order valence-corrected chi connectivity index (χ1v) is 10.9. The van der Waals surface area contributed by atoms with Crippen molar-refractivity contribution in [3.05, 3.63) is 50.7 Å². The van der Waals surface area contributed by atoms with E-state index in [1.165, 1.54) is 4.57 Å². The van der Waals surface area contributed by atoms with Crippen LogP contribution in [0.4, 0.5) is 5.95 Å². The zero-order valence-corrected chi connectivity index (χ0v) is 19.1. The molecule has 10 heteroatoms. The molecular weight excluding hydrogens is 412 g/mol. The van der Waals surface area contributed by atoms with Crippen LogP contribution in [0.3, 0.4) is 0 Å². The summed E-state index contributed by atoms with van der Waals surface area (Å²) in [5, 5.41) is 13.9. The van der Waals surface area contributed by atoms with Gasteiger partial charge in [-0.1, -0.05) is 31.5 Å². The number of aliphatic hydroxyl groups excluding tert-OH is 1. The summed E-state index contributed by atoms with van der Waals surface area (Å²) in [6.07, 6.45) is -0.895. The molecule has 2 aromatic heterocycles. The Morgan fingerprint density at radius 1 is 1.22 bits per heavy atom. The van der Waals surface area contributed by atoms with Gasteiger partial charge in [0, 0.05) is 20.1 Å². The van der Waals surface area contributed by atoms with Gasteiger partial charge in [0.25, 0.3) is 5.56 Å². The number of aromatic nitrogens is 4. The lowest BCUT2D eigenvalue weighted by Crippen LogP contribution is -2.31. The molecule has 0 radical (unpaired) electrons. The number of hydrogen-bond donors (Lipinski definition) is 3. The van der Waals surface area contributed by atoms with Crippen LogP contribution in [0.5, 0.6) is 5.75 Å². The van der Waals surface area contributed by atoms with Crippen LogP contribution in [0, 0.1) is 6.92 Å². The molecule has 0 aliphatic rings. The minimum absolute atomic E-state index is 0.0469. The van der Waals surface area contributed by atoms with E-state index in [4.69, 9.17) is 4.74 Å². The number of aryl methyl sites for hydroxylation is 2. The Morgan fingerprint density at radius 3 is 2.56 bits per heavy atom. The minimum Gasteiger partial charge on any atom is -0.491 e. The maximum absolute atomic E-state index is 12.6. The SMILES string of the molecule is CCN(CC)CCNc1nc2c(c(=O)[nH]c(=O)n2C)n1C[C@H](O)COc1ccc(C)cc1. The molecule has 0 aliphatic heterocycles. The fourth-order valence-electron chi connectivity index (χ4n) is 3.50. The largest absolute Gasteiger partial charge is 0.491 e. The Kier molecular flexibility index (Phi) is 7.70. The van der Waals surface area contributed by atoms with Crippen molar-refractivity contribution in [2.24, 2.45) is 7.05 Å². The molecule has 0 fully saturated rings. The molecule has 1 aromatic carbocycles. The van der Waals surface area contributed by atoms with Crippen LogP contribution in [0.1, 0.15) is 19.4 Å². The number of H-pyrrole nitrogens is 1. The molecule has 0 saturated heterocycles. The quantitative estimate of drug-likeness (QED) is 0.403. The molecule has 0 aliphatic carbocycles. The average Bonchev–Trinajstić information content (AvgIpc) is 3.13. The van der Waals surface area contributed by atoms with Crippen LogP contribution in [0.2, 0.25) is 0 Å². The van der Waals surface area contributed by atoms with Gasteiger partial charge in [-0.15, -0.1) is 0 Å². The molecule has 174 valence electrons. The summed E-state index contributed by atoms with van der Waals surface area (Å²) in [4.78, 5) is 33.6. The molecule has 10 nitrogen and oxygen atoms in total. The number of aromatic amines is 1. The highest BCUT2D eigenvalue weighted by Crippen LogP contribution is 2.17. The number of aliphatic hydroxyl groups is 1. The van der Waals surface area contributed by atoms with E-state index in [1.807, 2.05) is 31.2 Å². The number of ether oxygens (including phenoxy) is 1. The number of nitrogens with one attached hydrogen (secondary N) is 2. The van der Waals surface area contributed by atoms with Crippen LogP contribution in [-0.4, -0.2) is 68.0 Å². The molecule has 32 heavy (non-hydrogen) atoms. The lowest BCUT2D eigenvalue weighted by Gasteiger charge is -2.19. The summed E-state index contributed by atoms with van der Waals surface area (Å²) in [7, 11) is 1.55. The zero-order chi connectivity index (χ0) is 23.3. The van der Waals surface area contributed by atoms with Crippen LogP contribution < -0.4 is 21.3 Å². The van der Waals surface area contributed by atoms with Crippen molar-refractivity contribution < 1.29 is 9.84 Å². The van der Waals surface area contributed by atoms with Crippen molar-refractivity contribution in [3.63, 3.8) is 0 Å². The number of imidazole rings is 1. The minimum atomic E-state index is -0.895. The monoisotopic (exact) mass is 444 g/mol. The summed E-state index contributed by atoms with van der Waals surface area (Å²) in [5.74, 6) is 1.08. The number of anilines is 1. The highest BCUT2D eigenvalue weighted by atomic mass is 16.5. The van der Waals surface area contributed by atoms with Gasteiger partial charge in [-0.25, -0.2) is 4.79 Å². The van der Waals surface area contributed by atoms with E-state index >= 15 is 0 Å². The third-order valence-corrected chi connectivity index (χ3v) is 5.47. The average molecular weight is 445 g/mol. The van der Waals surface area contributed by atoms with Crippen molar-refractivity contribution in [1.82, 2.24) is 24.0 Å². The van der Waals surface area contributed by atoms with E-state index in [0.717, 1.165) is 25.2 Å². The Bertz CT molecular complexity index is 1140. The first kappa shape index (κ1) is 23.6. The van der Waals surface area contributed by atoms with Gasteiger partial charge < -0.3 is 24.6 Å². The Hall–Kier alpha value is -3.11. The van der Waals surface area contributed by atoms with Crippen molar-refractivity contribution in [2.45, 2.75) is 33.4 Å². The van der Waals surface area contributed by atoms with Crippen LogP contribution in [0.25, 0.3) is 11.2 Å². The predicted octanol–water partition coefficient (Wildman–Crippen LogP) is 0.925. The number of rotatable bonds is 11. The molecule has 1 atom stereocenters. The van der Waals surface area contributed by atoms with E-state index in [0.29, 0.717) is 18.2 Å². The molecule has 3 N–H and O–H groups in total. The fourth-order valence-corrected chi connectivity index (χ4v) is 3.50. The summed E-state index contributed by atoms with van der Waals surface area (Å²) >= 11 is 0. The van der Waals surface area contributed by atoms with E-state index in [2.05, 4.69) is 34.0 Å². The van der Waals surface area contributed by atoms with Gasteiger partial charge in [0.2, 0.25) is 5.95 Å². The molecule has 0 spiro atoms. The number of fused-ring (bicyclic) bond motifs is 1. The van der Waals surface area contributed by atoms with Gasteiger partial charge in [-0.3, -0.25) is 14.3 Å². The highest BCUT2D eigenvalue weighted by molar-refractivity contribution is 5.74. The maximum atomic E-state index is 12.6. The van der Waals surface area contributed by atoms with E-state index in [-0.39, 0.29) is 24.3 Å². The predicted molar refractivity (Wildman–Crippen MR) is 125 cm³/mol. The maximum Gasteiger partial charge on any atom is 0.329 e. The number of nitrogens with zero attached hydrogens (tertiary/aromatic N) is 4. The van der Waals surface area contributed by atoms with Gasteiger partial charge in [0.1, 0.15) is 18.5 Å². The lowest BCUT2D eigenvalue weighted by molar-refractivity contribution is 0.0938. The zero-order valence-electron chi connectivity index (χ0n) is 19.1. The molecular formula is C22H32N6O4. The van der Waals surface area contributed by atoms with Gasteiger partial charge in [-0.05, 0) is 32.1 Å². The van der Waals surface area contributed by atoms with E-state index < -0.39 is 17.4 Å². The number of benzene rings is 1. The van der Waals surface area contributed by atoms with Gasteiger partial charge in [0.05, 0.1) is 6.54 Å². The Labute approximate surface area is 186 Å². The van der Waals surface area contributed by atoms with Gasteiger partial charge in [-0.2, -0.15) is 4.98 Å². The van der Waals surface area contributed by atoms with Crippen LogP contribution in [0.15, 0.2) is 33.9 Å².